The summed E-state index contributed by atoms with van der Waals surface area (Å²) in [6.07, 6.45) is 1.34. The summed E-state index contributed by atoms with van der Waals surface area (Å²) in [5.74, 6) is -0.573. The Balaban J connectivity index is 2.48. The number of ether oxygens (including phenoxy) is 2. The number of amides is 1. The first kappa shape index (κ1) is 19.3. The zero-order valence-electron chi connectivity index (χ0n) is 14.3. The van der Waals surface area contributed by atoms with Gasteiger partial charge in [0.25, 0.3) is 0 Å². The van der Waals surface area contributed by atoms with Gasteiger partial charge in [0.1, 0.15) is 6.54 Å². The van der Waals surface area contributed by atoms with Gasteiger partial charge < -0.3 is 19.9 Å². The highest BCUT2D eigenvalue weighted by Gasteiger charge is 2.12. The van der Waals surface area contributed by atoms with Gasteiger partial charge >= 0.3 is 5.97 Å². The van der Waals surface area contributed by atoms with E-state index in [1.807, 2.05) is 0 Å². The fraction of sp³-hybridized carbons (Fsp3) is 0.158. The molecule has 1 amide bonds. The summed E-state index contributed by atoms with van der Waals surface area (Å²) in [7, 11) is 3.06. The molecule has 2 rings (SSSR count). The molecule has 136 valence electrons. The predicted molar refractivity (Wildman–Crippen MR) is 98.7 cm³/mol. The van der Waals surface area contributed by atoms with Crippen LogP contribution >= 0.6 is 11.6 Å². The molecule has 0 fully saturated rings. The number of carboxylic acids is 1. The smallest absolute Gasteiger partial charge is 0.322 e. The SMILES string of the molecule is COc1ccc(C(=CC(=O)NCC(=O)O)c2ccc(Cl)cc2)cc1OC. The average molecular weight is 376 g/mol. The fourth-order valence-corrected chi connectivity index (χ4v) is 2.44. The highest BCUT2D eigenvalue weighted by Crippen LogP contribution is 2.33. The van der Waals surface area contributed by atoms with E-state index in [1.165, 1.54) is 20.3 Å². The number of aliphatic carboxylic acids is 1. The van der Waals surface area contributed by atoms with Gasteiger partial charge in [-0.15, -0.1) is 0 Å². The van der Waals surface area contributed by atoms with Crippen molar-refractivity contribution in [2.45, 2.75) is 0 Å². The fourth-order valence-electron chi connectivity index (χ4n) is 2.31. The summed E-state index contributed by atoms with van der Waals surface area (Å²) in [5.41, 5.74) is 2.04. The number of benzene rings is 2. The maximum atomic E-state index is 12.1. The van der Waals surface area contributed by atoms with Crippen molar-refractivity contribution >= 4 is 29.1 Å². The monoisotopic (exact) mass is 375 g/mol. The van der Waals surface area contributed by atoms with Crippen LogP contribution in [0.2, 0.25) is 5.02 Å². The van der Waals surface area contributed by atoms with Gasteiger partial charge in [-0.3, -0.25) is 9.59 Å². The third-order valence-corrected chi connectivity index (χ3v) is 3.79. The van der Waals surface area contributed by atoms with Crippen LogP contribution in [0.1, 0.15) is 11.1 Å². The molecule has 0 aliphatic carbocycles. The molecule has 2 N–H and O–H groups in total. The first-order valence-corrected chi connectivity index (χ1v) is 8.02. The number of carboxylic acid groups (broad SMARTS) is 1. The maximum absolute atomic E-state index is 12.1. The van der Waals surface area contributed by atoms with Crippen LogP contribution in [0.5, 0.6) is 11.5 Å². The van der Waals surface area contributed by atoms with Gasteiger partial charge in [0.2, 0.25) is 5.91 Å². The molecule has 0 saturated heterocycles. The molecule has 0 heterocycles. The molecular formula is C19H18ClNO5. The van der Waals surface area contributed by atoms with Crippen LogP contribution in [-0.4, -0.2) is 37.7 Å². The van der Waals surface area contributed by atoms with E-state index >= 15 is 0 Å². The van der Waals surface area contributed by atoms with Gasteiger partial charge in [-0.05, 0) is 41.0 Å². The minimum Gasteiger partial charge on any atom is -0.493 e. The minimum absolute atomic E-state index is 0.463. The molecule has 6 nitrogen and oxygen atoms in total. The van der Waals surface area contributed by atoms with Crippen LogP contribution in [-0.2, 0) is 9.59 Å². The zero-order valence-corrected chi connectivity index (χ0v) is 15.0. The number of hydrogen-bond acceptors (Lipinski definition) is 4. The Kier molecular flexibility index (Phi) is 6.63. The maximum Gasteiger partial charge on any atom is 0.322 e. The van der Waals surface area contributed by atoms with Gasteiger partial charge in [-0.1, -0.05) is 29.8 Å². The molecule has 0 spiro atoms. The van der Waals surface area contributed by atoms with Gasteiger partial charge in [-0.2, -0.15) is 0 Å². The lowest BCUT2D eigenvalue weighted by Gasteiger charge is -2.13. The second-order valence-electron chi connectivity index (χ2n) is 5.25. The molecule has 7 heteroatoms. The van der Waals surface area contributed by atoms with Gasteiger partial charge in [0.15, 0.2) is 11.5 Å². The van der Waals surface area contributed by atoms with Crippen molar-refractivity contribution < 1.29 is 24.2 Å². The van der Waals surface area contributed by atoms with Crippen molar-refractivity contribution in [3.8, 4) is 11.5 Å². The number of nitrogens with one attached hydrogen (secondary N) is 1. The van der Waals surface area contributed by atoms with Crippen LogP contribution in [0.25, 0.3) is 5.57 Å². The summed E-state index contributed by atoms with van der Waals surface area (Å²) < 4.78 is 10.5. The Bertz CT molecular complexity index is 830. The average Bonchev–Trinajstić information content (AvgIpc) is 2.64. The topological polar surface area (TPSA) is 84.9 Å². The van der Waals surface area contributed by atoms with Gasteiger partial charge in [-0.25, -0.2) is 0 Å². The third-order valence-electron chi connectivity index (χ3n) is 3.54. The van der Waals surface area contributed by atoms with E-state index in [4.69, 9.17) is 26.2 Å². The molecule has 0 bridgehead atoms. The predicted octanol–water partition coefficient (Wildman–Crippen LogP) is 2.99. The molecule has 0 saturated carbocycles. The highest BCUT2D eigenvalue weighted by atomic mass is 35.5. The molecule has 0 atom stereocenters. The van der Waals surface area contributed by atoms with E-state index in [0.717, 1.165) is 5.56 Å². The Morgan fingerprint density at radius 3 is 2.23 bits per heavy atom. The molecule has 0 radical (unpaired) electrons. The van der Waals surface area contributed by atoms with E-state index < -0.39 is 18.4 Å². The van der Waals surface area contributed by atoms with E-state index in [2.05, 4.69) is 5.32 Å². The molecule has 2 aromatic rings. The van der Waals surface area contributed by atoms with Crippen molar-refractivity contribution in [2.75, 3.05) is 20.8 Å². The van der Waals surface area contributed by atoms with E-state index in [0.29, 0.717) is 27.7 Å². The Hall–Kier alpha value is -2.99. The quantitative estimate of drug-likeness (QED) is 0.727. The number of methoxy groups -OCH3 is 2. The number of hydrogen-bond donors (Lipinski definition) is 2. The van der Waals surface area contributed by atoms with Crippen LogP contribution in [0.15, 0.2) is 48.5 Å². The number of halogens is 1. The summed E-state index contributed by atoms with van der Waals surface area (Å²) in [5, 5.41) is 11.6. The van der Waals surface area contributed by atoms with E-state index in [1.54, 1.807) is 42.5 Å². The standard InChI is InChI=1S/C19H18ClNO5/c1-25-16-8-5-13(9-17(16)26-2)15(10-18(22)21-11-19(23)24)12-3-6-14(20)7-4-12/h3-10H,11H2,1-2H3,(H,21,22)(H,23,24). The van der Waals surface area contributed by atoms with Crippen LogP contribution in [0, 0.1) is 0 Å². The molecule has 0 aliphatic rings. The Labute approximate surface area is 156 Å². The van der Waals surface area contributed by atoms with Crippen LogP contribution in [0.3, 0.4) is 0 Å². The van der Waals surface area contributed by atoms with Crippen LogP contribution < -0.4 is 14.8 Å². The lowest BCUT2D eigenvalue weighted by Crippen LogP contribution is -2.27. The first-order valence-electron chi connectivity index (χ1n) is 7.64. The zero-order chi connectivity index (χ0) is 19.1. The van der Waals surface area contributed by atoms with Crippen LogP contribution in [0.4, 0.5) is 0 Å². The van der Waals surface area contributed by atoms with E-state index in [-0.39, 0.29) is 0 Å². The molecule has 0 aromatic heterocycles. The normalized spacial score (nSPS) is 11.0. The highest BCUT2D eigenvalue weighted by molar-refractivity contribution is 6.30. The molecular weight excluding hydrogens is 358 g/mol. The second-order valence-corrected chi connectivity index (χ2v) is 5.68. The molecule has 2 aromatic carbocycles. The van der Waals surface area contributed by atoms with Crippen molar-refractivity contribution in [1.82, 2.24) is 5.32 Å². The van der Waals surface area contributed by atoms with E-state index in [9.17, 15) is 9.59 Å². The number of carbonyl (C=O) groups excluding carboxylic acids is 1. The van der Waals surface area contributed by atoms with Crippen molar-refractivity contribution in [1.29, 1.82) is 0 Å². The molecule has 0 aliphatic heterocycles. The van der Waals surface area contributed by atoms with Gasteiger partial charge in [0, 0.05) is 11.1 Å². The summed E-state index contributed by atoms with van der Waals surface area (Å²) in [4.78, 5) is 22.8. The summed E-state index contributed by atoms with van der Waals surface area (Å²) in [6.45, 7) is -0.463. The Morgan fingerprint density at radius 2 is 1.65 bits per heavy atom. The van der Waals surface area contributed by atoms with Crippen molar-refractivity contribution in [2.24, 2.45) is 0 Å². The largest absolute Gasteiger partial charge is 0.493 e. The summed E-state index contributed by atoms with van der Waals surface area (Å²) in [6, 6.07) is 12.2. The number of carbonyl (C=O) groups is 2. The number of rotatable bonds is 7. The minimum atomic E-state index is -1.12. The lowest BCUT2D eigenvalue weighted by molar-refractivity contribution is -0.137. The molecule has 26 heavy (non-hydrogen) atoms. The lowest BCUT2D eigenvalue weighted by atomic mass is 9.97. The second kappa shape index (κ2) is 8.92. The summed E-state index contributed by atoms with van der Waals surface area (Å²) >= 11 is 5.94. The van der Waals surface area contributed by atoms with Gasteiger partial charge in [0.05, 0.1) is 14.2 Å². The molecule has 0 unspecified atom stereocenters. The third kappa shape index (κ3) is 5.00. The Morgan fingerprint density at radius 1 is 1.04 bits per heavy atom. The first-order chi connectivity index (χ1) is 12.4. The van der Waals surface area contributed by atoms with Crippen molar-refractivity contribution in [3.63, 3.8) is 0 Å². The van der Waals surface area contributed by atoms with Crippen molar-refractivity contribution in [3.05, 3.63) is 64.7 Å².